The minimum atomic E-state index is 0.436. The second-order valence-electron chi connectivity index (χ2n) is 5.41. The molecule has 1 saturated heterocycles. The third-order valence-electron chi connectivity index (χ3n) is 4.12. The Morgan fingerprint density at radius 2 is 2.20 bits per heavy atom. The van der Waals surface area contributed by atoms with Crippen molar-refractivity contribution in [1.29, 1.82) is 0 Å². The Labute approximate surface area is 124 Å². The molecule has 1 aromatic heterocycles. The molecule has 1 unspecified atom stereocenters. The molecule has 5 heteroatoms. The highest BCUT2D eigenvalue weighted by atomic mass is 35.5. The van der Waals surface area contributed by atoms with Crippen LogP contribution in [0.25, 0.3) is 0 Å². The summed E-state index contributed by atoms with van der Waals surface area (Å²) in [4.78, 5) is 2.47. The van der Waals surface area contributed by atoms with E-state index >= 15 is 0 Å². The molecule has 2 heterocycles. The van der Waals surface area contributed by atoms with Crippen LogP contribution >= 0.6 is 11.6 Å². The molecule has 4 nitrogen and oxygen atoms in total. The molecule has 3 rings (SSSR count). The van der Waals surface area contributed by atoms with E-state index in [1.54, 1.807) is 0 Å². The van der Waals surface area contributed by atoms with Crippen molar-refractivity contribution in [3.05, 3.63) is 46.5 Å². The molecule has 1 aliphatic heterocycles. The second kappa shape index (κ2) is 5.54. The maximum atomic E-state index is 6.11. The van der Waals surface area contributed by atoms with Crippen molar-refractivity contribution >= 4 is 11.6 Å². The van der Waals surface area contributed by atoms with Crippen LogP contribution in [0.3, 0.4) is 0 Å². The van der Waals surface area contributed by atoms with E-state index in [1.165, 1.54) is 18.4 Å². The van der Waals surface area contributed by atoms with Gasteiger partial charge < -0.3 is 4.57 Å². The average Bonchev–Trinajstić information content (AvgIpc) is 3.01. The summed E-state index contributed by atoms with van der Waals surface area (Å²) in [5.74, 6) is 1.98. The minimum absolute atomic E-state index is 0.436. The van der Waals surface area contributed by atoms with Gasteiger partial charge in [0, 0.05) is 18.1 Å². The Hall–Kier alpha value is -1.39. The third-order valence-corrected chi connectivity index (χ3v) is 4.36. The number of hydrogen-bond donors (Lipinski definition) is 0. The lowest BCUT2D eigenvalue weighted by Gasteiger charge is -2.24. The van der Waals surface area contributed by atoms with Gasteiger partial charge >= 0.3 is 0 Å². The molecule has 1 atom stereocenters. The number of hydrogen-bond acceptors (Lipinski definition) is 3. The summed E-state index contributed by atoms with van der Waals surface area (Å²) in [7, 11) is 2.02. The van der Waals surface area contributed by atoms with Crippen LogP contribution in [0.15, 0.2) is 24.3 Å². The number of halogens is 1. The van der Waals surface area contributed by atoms with Gasteiger partial charge in [0.25, 0.3) is 0 Å². The highest BCUT2D eigenvalue weighted by Crippen LogP contribution is 2.33. The lowest BCUT2D eigenvalue weighted by molar-refractivity contribution is 0.239. The monoisotopic (exact) mass is 290 g/mol. The molecule has 20 heavy (non-hydrogen) atoms. The number of aryl methyl sites for hydroxylation is 1. The summed E-state index contributed by atoms with van der Waals surface area (Å²) in [6.07, 6.45) is 2.39. The van der Waals surface area contributed by atoms with Gasteiger partial charge in [-0.05, 0) is 44.0 Å². The van der Waals surface area contributed by atoms with E-state index in [9.17, 15) is 0 Å². The molecule has 0 aliphatic carbocycles. The molecule has 2 aromatic rings. The first-order valence-electron chi connectivity index (χ1n) is 6.99. The molecule has 0 radical (unpaired) electrons. The fraction of sp³-hybridized carbons (Fsp3) is 0.467. The SMILES string of the molecule is Cc1nnc(CN2CCCC2c2cccc(Cl)c2)n1C. The van der Waals surface area contributed by atoms with Crippen LogP contribution in [-0.2, 0) is 13.6 Å². The molecular formula is C15H19ClN4. The summed E-state index contributed by atoms with van der Waals surface area (Å²) < 4.78 is 2.06. The van der Waals surface area contributed by atoms with Crippen molar-refractivity contribution < 1.29 is 0 Å². The Morgan fingerprint density at radius 3 is 2.90 bits per heavy atom. The molecule has 0 bridgehead atoms. The molecule has 106 valence electrons. The topological polar surface area (TPSA) is 34.0 Å². The van der Waals surface area contributed by atoms with E-state index in [0.29, 0.717) is 6.04 Å². The van der Waals surface area contributed by atoms with Gasteiger partial charge in [0.05, 0.1) is 6.54 Å². The van der Waals surface area contributed by atoms with Gasteiger partial charge in [-0.15, -0.1) is 10.2 Å². The van der Waals surface area contributed by atoms with Gasteiger partial charge in [0.2, 0.25) is 0 Å². The van der Waals surface area contributed by atoms with Crippen LogP contribution < -0.4 is 0 Å². The number of aromatic nitrogens is 3. The normalized spacial score (nSPS) is 19.6. The van der Waals surface area contributed by atoms with Crippen LogP contribution in [-0.4, -0.2) is 26.2 Å². The lowest BCUT2D eigenvalue weighted by atomic mass is 10.0. The van der Waals surface area contributed by atoms with Crippen molar-refractivity contribution in [1.82, 2.24) is 19.7 Å². The summed E-state index contributed by atoms with van der Waals surface area (Å²) in [6, 6.07) is 8.63. The average molecular weight is 291 g/mol. The van der Waals surface area contributed by atoms with E-state index in [1.807, 2.05) is 26.1 Å². The maximum absolute atomic E-state index is 6.11. The minimum Gasteiger partial charge on any atom is -0.317 e. The van der Waals surface area contributed by atoms with Gasteiger partial charge in [0.15, 0.2) is 0 Å². The molecule has 1 aromatic carbocycles. The van der Waals surface area contributed by atoms with Crippen molar-refractivity contribution in [2.45, 2.75) is 32.4 Å². The van der Waals surface area contributed by atoms with Crippen molar-refractivity contribution in [3.63, 3.8) is 0 Å². The Balaban J connectivity index is 1.81. The van der Waals surface area contributed by atoms with Crippen molar-refractivity contribution in [2.75, 3.05) is 6.54 Å². The number of rotatable bonds is 3. The summed E-state index contributed by atoms with van der Waals surface area (Å²) >= 11 is 6.11. The molecule has 1 aliphatic rings. The second-order valence-corrected chi connectivity index (χ2v) is 5.84. The van der Waals surface area contributed by atoms with E-state index in [-0.39, 0.29) is 0 Å². The highest BCUT2D eigenvalue weighted by Gasteiger charge is 2.27. The van der Waals surface area contributed by atoms with Crippen LogP contribution in [0.5, 0.6) is 0 Å². The molecule has 0 N–H and O–H groups in total. The van der Waals surface area contributed by atoms with Gasteiger partial charge in [-0.2, -0.15) is 0 Å². The number of likely N-dealkylation sites (tertiary alicyclic amines) is 1. The summed E-state index contributed by atoms with van der Waals surface area (Å²) in [6.45, 7) is 3.92. The maximum Gasteiger partial charge on any atom is 0.146 e. The first-order chi connectivity index (χ1) is 9.65. The fourth-order valence-electron chi connectivity index (χ4n) is 2.88. The van der Waals surface area contributed by atoms with Crippen molar-refractivity contribution in [3.8, 4) is 0 Å². The predicted octanol–water partition coefficient (Wildman–Crippen LogP) is 3.11. The van der Waals surface area contributed by atoms with E-state index in [2.05, 4.69) is 31.8 Å². The first-order valence-corrected chi connectivity index (χ1v) is 7.37. The van der Waals surface area contributed by atoms with Gasteiger partial charge in [-0.1, -0.05) is 23.7 Å². The molecule has 1 fully saturated rings. The Kier molecular flexibility index (Phi) is 3.76. The molecule has 0 spiro atoms. The lowest BCUT2D eigenvalue weighted by Crippen LogP contribution is -2.24. The highest BCUT2D eigenvalue weighted by molar-refractivity contribution is 6.30. The quantitative estimate of drug-likeness (QED) is 0.871. The smallest absolute Gasteiger partial charge is 0.146 e. The van der Waals surface area contributed by atoms with Crippen molar-refractivity contribution in [2.24, 2.45) is 7.05 Å². The Morgan fingerprint density at radius 1 is 1.35 bits per heavy atom. The zero-order chi connectivity index (χ0) is 14.1. The Bertz CT molecular complexity index is 608. The van der Waals surface area contributed by atoms with Crippen LogP contribution in [0.2, 0.25) is 5.02 Å². The van der Waals surface area contributed by atoms with Gasteiger partial charge in [-0.25, -0.2) is 0 Å². The fourth-order valence-corrected chi connectivity index (χ4v) is 3.08. The third kappa shape index (κ3) is 2.58. The van der Waals surface area contributed by atoms with E-state index in [0.717, 1.165) is 29.8 Å². The molecule has 0 saturated carbocycles. The summed E-state index contributed by atoms with van der Waals surface area (Å²) in [5, 5.41) is 9.21. The van der Waals surface area contributed by atoms with E-state index in [4.69, 9.17) is 11.6 Å². The molecular weight excluding hydrogens is 272 g/mol. The molecule has 0 amide bonds. The first kappa shape index (κ1) is 13.6. The van der Waals surface area contributed by atoms with Gasteiger partial charge in [-0.3, -0.25) is 4.90 Å². The zero-order valence-corrected chi connectivity index (χ0v) is 12.6. The van der Waals surface area contributed by atoms with Gasteiger partial charge in [0.1, 0.15) is 11.6 Å². The number of nitrogens with zero attached hydrogens (tertiary/aromatic N) is 4. The van der Waals surface area contributed by atoms with Crippen LogP contribution in [0, 0.1) is 6.92 Å². The standard InChI is InChI=1S/C15H19ClN4/c1-11-17-18-15(19(11)2)10-20-8-4-7-14(20)12-5-3-6-13(16)9-12/h3,5-6,9,14H,4,7-8,10H2,1-2H3. The van der Waals surface area contributed by atoms with Crippen LogP contribution in [0.1, 0.15) is 36.1 Å². The number of benzene rings is 1. The van der Waals surface area contributed by atoms with Crippen LogP contribution in [0.4, 0.5) is 0 Å². The zero-order valence-electron chi connectivity index (χ0n) is 11.9. The predicted molar refractivity (Wildman–Crippen MR) is 79.6 cm³/mol. The largest absolute Gasteiger partial charge is 0.317 e. The van der Waals surface area contributed by atoms with E-state index < -0.39 is 0 Å². The summed E-state index contributed by atoms with van der Waals surface area (Å²) in [5.41, 5.74) is 1.30.